The zero-order valence-electron chi connectivity index (χ0n) is 13.5. The molecule has 0 N–H and O–H groups in total. The quantitative estimate of drug-likeness (QED) is 0.590. The first-order valence-corrected chi connectivity index (χ1v) is 8.51. The van der Waals surface area contributed by atoms with Gasteiger partial charge in [0.15, 0.2) is 4.32 Å². The molecule has 0 aromatic heterocycles. The number of amides is 1. The van der Waals surface area contributed by atoms with Crippen molar-refractivity contribution in [3.05, 3.63) is 58.8 Å². The number of hydrogen-bond donors (Lipinski definition) is 0. The van der Waals surface area contributed by atoms with Crippen LogP contribution >= 0.6 is 24.0 Å². The number of methoxy groups -OCH3 is 2. The minimum atomic E-state index is -0.424. The zero-order valence-corrected chi connectivity index (χ0v) is 15.1. The summed E-state index contributed by atoms with van der Waals surface area (Å²) in [4.78, 5) is 14.5. The lowest BCUT2D eigenvalue weighted by molar-refractivity contribution is -0.113. The van der Waals surface area contributed by atoms with Crippen LogP contribution < -0.4 is 14.4 Å². The van der Waals surface area contributed by atoms with Crippen molar-refractivity contribution in [2.45, 2.75) is 0 Å². The number of carbonyl (C=O) groups excluding carboxylic acids is 1. The third-order valence-corrected chi connectivity index (χ3v) is 4.89. The van der Waals surface area contributed by atoms with Crippen molar-refractivity contribution < 1.29 is 18.7 Å². The minimum Gasteiger partial charge on any atom is -0.497 e. The third-order valence-electron chi connectivity index (χ3n) is 3.59. The largest absolute Gasteiger partial charge is 0.497 e. The van der Waals surface area contributed by atoms with Gasteiger partial charge in [0.2, 0.25) is 0 Å². The number of nitrogens with zero attached hydrogens (tertiary/aromatic N) is 1. The summed E-state index contributed by atoms with van der Waals surface area (Å²) in [5, 5.41) is 0. The second kappa shape index (κ2) is 7.25. The van der Waals surface area contributed by atoms with Gasteiger partial charge in [-0.05, 0) is 36.4 Å². The van der Waals surface area contributed by atoms with Gasteiger partial charge >= 0.3 is 0 Å². The summed E-state index contributed by atoms with van der Waals surface area (Å²) >= 11 is 6.46. The molecule has 0 atom stereocenters. The molecule has 0 aliphatic carbocycles. The molecule has 1 saturated heterocycles. The van der Waals surface area contributed by atoms with Crippen LogP contribution in [0.4, 0.5) is 10.1 Å². The number of carbonyl (C=O) groups is 1. The summed E-state index contributed by atoms with van der Waals surface area (Å²) < 4.78 is 24.3. The van der Waals surface area contributed by atoms with E-state index >= 15 is 0 Å². The Morgan fingerprint density at radius 3 is 2.64 bits per heavy atom. The molecular weight excluding hydrogens is 361 g/mol. The van der Waals surface area contributed by atoms with Gasteiger partial charge in [-0.3, -0.25) is 9.69 Å². The summed E-state index contributed by atoms with van der Waals surface area (Å²) in [6, 6.07) is 11.1. The van der Waals surface area contributed by atoms with Gasteiger partial charge in [0.05, 0.1) is 24.8 Å². The van der Waals surface area contributed by atoms with Crippen molar-refractivity contribution in [3.8, 4) is 11.5 Å². The van der Waals surface area contributed by atoms with Crippen molar-refractivity contribution in [1.29, 1.82) is 0 Å². The van der Waals surface area contributed by atoms with Crippen LogP contribution in [0.15, 0.2) is 47.4 Å². The van der Waals surface area contributed by atoms with Crippen LogP contribution in [0.3, 0.4) is 0 Å². The smallest absolute Gasteiger partial charge is 0.270 e. The molecule has 128 valence electrons. The van der Waals surface area contributed by atoms with Gasteiger partial charge in [-0.2, -0.15) is 0 Å². The molecule has 25 heavy (non-hydrogen) atoms. The molecule has 4 nitrogen and oxygen atoms in total. The molecule has 2 aromatic carbocycles. The highest BCUT2D eigenvalue weighted by Crippen LogP contribution is 2.37. The number of halogens is 1. The highest BCUT2D eigenvalue weighted by Gasteiger charge is 2.33. The summed E-state index contributed by atoms with van der Waals surface area (Å²) in [7, 11) is 3.11. The van der Waals surface area contributed by atoms with Crippen LogP contribution in [0.2, 0.25) is 0 Å². The summed E-state index contributed by atoms with van der Waals surface area (Å²) in [5.74, 6) is 0.516. The Kier molecular flexibility index (Phi) is 5.06. The van der Waals surface area contributed by atoms with E-state index in [4.69, 9.17) is 21.7 Å². The van der Waals surface area contributed by atoms with Crippen molar-refractivity contribution in [3.63, 3.8) is 0 Å². The van der Waals surface area contributed by atoms with E-state index in [2.05, 4.69) is 0 Å². The second-order valence-corrected chi connectivity index (χ2v) is 6.78. The van der Waals surface area contributed by atoms with Gasteiger partial charge in [0, 0.05) is 11.6 Å². The molecule has 1 fully saturated rings. The molecule has 7 heteroatoms. The normalized spacial score (nSPS) is 15.8. The van der Waals surface area contributed by atoms with Crippen LogP contribution in [0, 0.1) is 5.82 Å². The average molecular weight is 375 g/mol. The number of ether oxygens (including phenoxy) is 2. The van der Waals surface area contributed by atoms with E-state index in [1.807, 2.05) is 0 Å². The number of benzene rings is 2. The Labute approximate surface area is 154 Å². The minimum absolute atomic E-state index is 0.293. The first kappa shape index (κ1) is 17.4. The molecule has 1 aliphatic rings. The van der Waals surface area contributed by atoms with Crippen LogP contribution in [-0.4, -0.2) is 24.4 Å². The van der Waals surface area contributed by atoms with Crippen LogP contribution in [0.25, 0.3) is 6.08 Å². The fourth-order valence-corrected chi connectivity index (χ4v) is 3.67. The molecule has 0 spiro atoms. The maximum atomic E-state index is 13.5. The molecule has 1 amide bonds. The number of thioether (sulfide) groups is 1. The summed E-state index contributed by atoms with van der Waals surface area (Å²) in [5.41, 5.74) is 1.13. The maximum absolute atomic E-state index is 13.5. The lowest BCUT2D eigenvalue weighted by atomic mass is 10.1. The van der Waals surface area contributed by atoms with Crippen molar-refractivity contribution in [2.75, 3.05) is 19.1 Å². The SMILES string of the molecule is COc1ccc(C=C2SC(=S)N(c3cccc(F)c3)C2=O)c(OC)c1. The standard InChI is InChI=1S/C18H14FNO3S2/c1-22-14-7-6-11(15(10-14)23-2)8-16-17(21)20(18(24)25-16)13-5-3-4-12(19)9-13/h3-10H,1-2H3. The van der Waals surface area contributed by atoms with Crippen molar-refractivity contribution in [2.24, 2.45) is 0 Å². The van der Waals surface area contributed by atoms with E-state index in [0.29, 0.717) is 26.4 Å². The first-order chi connectivity index (χ1) is 12.0. The van der Waals surface area contributed by atoms with Crippen LogP contribution in [0.5, 0.6) is 11.5 Å². The second-order valence-electron chi connectivity index (χ2n) is 5.10. The van der Waals surface area contributed by atoms with E-state index in [1.165, 1.54) is 28.8 Å². The van der Waals surface area contributed by atoms with Gasteiger partial charge in [0.25, 0.3) is 5.91 Å². The number of thiocarbonyl (C=S) groups is 1. The third kappa shape index (κ3) is 3.52. The van der Waals surface area contributed by atoms with E-state index in [1.54, 1.807) is 50.6 Å². The summed E-state index contributed by atoms with van der Waals surface area (Å²) in [6.45, 7) is 0. The summed E-state index contributed by atoms with van der Waals surface area (Å²) in [6.07, 6.45) is 1.71. The van der Waals surface area contributed by atoms with E-state index in [9.17, 15) is 9.18 Å². The molecule has 0 bridgehead atoms. The highest BCUT2D eigenvalue weighted by atomic mass is 32.2. The Morgan fingerprint density at radius 1 is 1.16 bits per heavy atom. The lowest BCUT2D eigenvalue weighted by Gasteiger charge is -2.14. The van der Waals surface area contributed by atoms with Crippen molar-refractivity contribution >= 4 is 46.0 Å². The van der Waals surface area contributed by atoms with Gasteiger partial charge in [-0.15, -0.1) is 0 Å². The van der Waals surface area contributed by atoms with Gasteiger partial charge < -0.3 is 9.47 Å². The Hall–Kier alpha value is -2.38. The number of hydrogen-bond acceptors (Lipinski definition) is 5. The molecule has 0 saturated carbocycles. The van der Waals surface area contributed by atoms with Gasteiger partial charge in [0.1, 0.15) is 17.3 Å². The Bertz CT molecular complexity index is 882. The average Bonchev–Trinajstić information content (AvgIpc) is 2.88. The monoisotopic (exact) mass is 375 g/mol. The van der Waals surface area contributed by atoms with Gasteiger partial charge in [-0.25, -0.2) is 4.39 Å². The fraction of sp³-hybridized carbons (Fsp3) is 0.111. The number of anilines is 1. The van der Waals surface area contributed by atoms with Gasteiger partial charge in [-0.1, -0.05) is 30.0 Å². The molecule has 0 radical (unpaired) electrons. The predicted octanol–water partition coefficient (Wildman–Crippen LogP) is 4.25. The molecule has 0 unspecified atom stereocenters. The van der Waals surface area contributed by atoms with E-state index in [0.717, 1.165) is 5.56 Å². The molecule has 1 aliphatic heterocycles. The van der Waals surface area contributed by atoms with Crippen molar-refractivity contribution in [1.82, 2.24) is 0 Å². The Balaban J connectivity index is 1.96. The fourth-order valence-electron chi connectivity index (χ4n) is 2.38. The highest BCUT2D eigenvalue weighted by molar-refractivity contribution is 8.27. The predicted molar refractivity (Wildman–Crippen MR) is 102 cm³/mol. The Morgan fingerprint density at radius 2 is 1.96 bits per heavy atom. The maximum Gasteiger partial charge on any atom is 0.270 e. The van der Waals surface area contributed by atoms with Crippen LogP contribution in [0.1, 0.15) is 5.56 Å². The zero-order chi connectivity index (χ0) is 18.0. The molecule has 2 aromatic rings. The molecule has 3 rings (SSSR count). The molecular formula is C18H14FNO3S2. The number of rotatable bonds is 4. The first-order valence-electron chi connectivity index (χ1n) is 7.29. The van der Waals surface area contributed by atoms with E-state index in [-0.39, 0.29) is 5.91 Å². The lowest BCUT2D eigenvalue weighted by Crippen LogP contribution is -2.27. The topological polar surface area (TPSA) is 38.8 Å². The van der Waals surface area contributed by atoms with E-state index < -0.39 is 5.82 Å². The van der Waals surface area contributed by atoms with Crippen LogP contribution in [-0.2, 0) is 4.79 Å². The molecule has 1 heterocycles.